The van der Waals surface area contributed by atoms with Crippen molar-refractivity contribution in [3.8, 4) is 0 Å². The fourth-order valence-electron chi connectivity index (χ4n) is 4.10. The van der Waals surface area contributed by atoms with Crippen molar-refractivity contribution in [2.45, 2.75) is 52.0 Å². The van der Waals surface area contributed by atoms with Gasteiger partial charge in [-0.05, 0) is 61.4 Å². The fourth-order valence-corrected chi connectivity index (χ4v) is 4.79. The number of hydrogen-bond donors (Lipinski definition) is 2. The van der Waals surface area contributed by atoms with Crippen LogP contribution in [0.3, 0.4) is 0 Å². The Morgan fingerprint density at radius 3 is 2.55 bits per heavy atom. The third kappa shape index (κ3) is 2.37. The molecule has 2 atom stereocenters. The van der Waals surface area contributed by atoms with E-state index < -0.39 is 5.54 Å². The number of aryl methyl sites for hydroxylation is 2. The van der Waals surface area contributed by atoms with E-state index in [-0.39, 0.29) is 11.7 Å². The van der Waals surface area contributed by atoms with Crippen LogP contribution < -0.4 is 5.32 Å². The van der Waals surface area contributed by atoms with Gasteiger partial charge in [-0.1, -0.05) is 35.7 Å². The number of rotatable bonds is 1. The molecule has 1 spiro atoms. The van der Waals surface area contributed by atoms with E-state index in [2.05, 4.69) is 28.2 Å². The van der Waals surface area contributed by atoms with E-state index in [1.54, 1.807) is 0 Å². The van der Waals surface area contributed by atoms with E-state index in [9.17, 15) is 9.90 Å². The second kappa shape index (κ2) is 5.41. The maximum absolute atomic E-state index is 12.6. The van der Waals surface area contributed by atoms with Gasteiger partial charge < -0.3 is 10.4 Å². The van der Waals surface area contributed by atoms with Gasteiger partial charge in [-0.2, -0.15) is 0 Å². The van der Waals surface area contributed by atoms with Crippen LogP contribution in [0.2, 0.25) is 0 Å². The summed E-state index contributed by atoms with van der Waals surface area (Å²) in [5.41, 5.74) is 2.80. The number of amides is 1. The van der Waals surface area contributed by atoms with E-state index >= 15 is 0 Å². The maximum Gasteiger partial charge on any atom is 0.256 e. The van der Waals surface area contributed by atoms with Crippen molar-refractivity contribution in [2.24, 2.45) is 5.92 Å². The summed E-state index contributed by atoms with van der Waals surface area (Å²) in [6.45, 7) is 6.15. The van der Waals surface area contributed by atoms with Crippen LogP contribution in [0.15, 0.2) is 22.4 Å². The first kappa shape index (κ1) is 15.6. The van der Waals surface area contributed by atoms with Gasteiger partial charge in [-0.15, -0.1) is 0 Å². The summed E-state index contributed by atoms with van der Waals surface area (Å²) in [5, 5.41) is 14.0. The highest BCUT2D eigenvalue weighted by Crippen LogP contribution is 2.44. The molecule has 1 heterocycles. The van der Waals surface area contributed by atoms with Crippen molar-refractivity contribution in [1.29, 1.82) is 0 Å². The summed E-state index contributed by atoms with van der Waals surface area (Å²) < 4.78 is 0.991. The highest BCUT2D eigenvalue weighted by Gasteiger charge is 2.48. The number of hydrogen-bond acceptors (Lipinski definition) is 2. The molecule has 4 heteroatoms. The molecule has 118 valence electrons. The minimum Gasteiger partial charge on any atom is -0.509 e. The highest BCUT2D eigenvalue weighted by atomic mass is 79.9. The third-order valence-electron chi connectivity index (χ3n) is 5.01. The number of carbonyl (C=O) groups is 1. The molecule has 0 saturated heterocycles. The zero-order valence-electron chi connectivity index (χ0n) is 13.3. The Kier molecular flexibility index (Phi) is 3.84. The Labute approximate surface area is 139 Å². The second-order valence-electron chi connectivity index (χ2n) is 6.88. The lowest BCUT2D eigenvalue weighted by atomic mass is 9.75. The van der Waals surface area contributed by atoms with E-state index in [0.717, 1.165) is 46.8 Å². The van der Waals surface area contributed by atoms with Crippen molar-refractivity contribution in [2.75, 3.05) is 0 Å². The molecule has 1 saturated carbocycles. The van der Waals surface area contributed by atoms with Gasteiger partial charge in [0.25, 0.3) is 5.91 Å². The summed E-state index contributed by atoms with van der Waals surface area (Å²) in [6.07, 6.45) is 3.85. The topological polar surface area (TPSA) is 49.3 Å². The lowest BCUT2D eigenvalue weighted by Gasteiger charge is -2.36. The molecule has 3 nitrogen and oxygen atoms in total. The normalized spacial score (nSPS) is 28.4. The Balaban J connectivity index is 2.14. The molecule has 1 aromatic carbocycles. The summed E-state index contributed by atoms with van der Waals surface area (Å²) >= 11 is 3.48. The Hall–Kier alpha value is -1.29. The van der Waals surface area contributed by atoms with Crippen LogP contribution in [-0.4, -0.2) is 16.6 Å². The summed E-state index contributed by atoms with van der Waals surface area (Å²) in [4.78, 5) is 12.6. The lowest BCUT2D eigenvalue weighted by Crippen LogP contribution is -2.47. The zero-order valence-corrected chi connectivity index (χ0v) is 14.9. The summed E-state index contributed by atoms with van der Waals surface area (Å²) in [5.74, 6) is 0.625. The van der Waals surface area contributed by atoms with Crippen molar-refractivity contribution in [3.05, 3.63) is 39.1 Å². The molecule has 1 aliphatic carbocycles. The molecule has 1 aliphatic heterocycles. The Bertz CT molecular complexity index is 657. The lowest BCUT2D eigenvalue weighted by molar-refractivity contribution is -0.116. The largest absolute Gasteiger partial charge is 0.509 e. The number of benzene rings is 1. The number of carbonyl (C=O) groups excluding carboxylic acids is 1. The third-order valence-corrected chi connectivity index (χ3v) is 5.47. The van der Waals surface area contributed by atoms with Gasteiger partial charge in [0.05, 0.1) is 11.1 Å². The summed E-state index contributed by atoms with van der Waals surface area (Å²) in [7, 11) is 0. The zero-order chi connectivity index (χ0) is 16.1. The first-order valence-corrected chi connectivity index (χ1v) is 8.67. The molecule has 2 aliphatic rings. The average molecular weight is 364 g/mol. The fraction of sp³-hybridized carbons (Fsp3) is 0.500. The van der Waals surface area contributed by atoms with Crippen LogP contribution in [0, 0.1) is 19.8 Å². The quantitative estimate of drug-likeness (QED) is 0.775. The van der Waals surface area contributed by atoms with Gasteiger partial charge in [-0.25, -0.2) is 0 Å². The summed E-state index contributed by atoms with van der Waals surface area (Å²) in [6, 6.07) is 3.98. The maximum atomic E-state index is 12.6. The van der Waals surface area contributed by atoms with E-state index in [1.165, 1.54) is 0 Å². The SMILES string of the molecule is Cc1cc(Br)cc(C)c1C1=C(O)[C@@]2(CCC[C@H](C)C2)NC1=O. The first-order valence-electron chi connectivity index (χ1n) is 7.87. The van der Waals surface area contributed by atoms with Crippen molar-refractivity contribution in [3.63, 3.8) is 0 Å². The van der Waals surface area contributed by atoms with Gasteiger partial charge in [0.1, 0.15) is 5.76 Å². The first-order chi connectivity index (χ1) is 10.3. The number of aliphatic hydroxyl groups is 1. The van der Waals surface area contributed by atoms with E-state index in [1.807, 2.05) is 26.0 Å². The Morgan fingerprint density at radius 2 is 1.95 bits per heavy atom. The number of nitrogens with one attached hydrogen (secondary N) is 1. The minimum absolute atomic E-state index is 0.139. The average Bonchev–Trinajstić information content (AvgIpc) is 2.62. The molecule has 1 amide bonds. The molecule has 0 radical (unpaired) electrons. The predicted octanol–water partition coefficient (Wildman–Crippen LogP) is 4.41. The van der Waals surface area contributed by atoms with Crippen LogP contribution in [0.25, 0.3) is 5.57 Å². The molecule has 1 aromatic rings. The molecule has 0 aromatic heterocycles. The minimum atomic E-state index is -0.546. The van der Waals surface area contributed by atoms with E-state index in [0.29, 0.717) is 11.5 Å². The van der Waals surface area contributed by atoms with Crippen LogP contribution in [-0.2, 0) is 4.79 Å². The Morgan fingerprint density at radius 1 is 1.32 bits per heavy atom. The molecular weight excluding hydrogens is 342 g/mol. The van der Waals surface area contributed by atoms with Gasteiger partial charge in [-0.3, -0.25) is 4.79 Å². The van der Waals surface area contributed by atoms with Gasteiger partial charge in [0.2, 0.25) is 0 Å². The molecule has 3 rings (SSSR count). The van der Waals surface area contributed by atoms with Gasteiger partial charge in [0, 0.05) is 4.47 Å². The molecule has 22 heavy (non-hydrogen) atoms. The van der Waals surface area contributed by atoms with Crippen LogP contribution >= 0.6 is 15.9 Å². The van der Waals surface area contributed by atoms with Crippen LogP contribution in [0.5, 0.6) is 0 Å². The molecule has 1 fully saturated rings. The smallest absolute Gasteiger partial charge is 0.256 e. The monoisotopic (exact) mass is 363 g/mol. The number of aliphatic hydroxyl groups excluding tert-OH is 1. The standard InChI is InChI=1S/C18H22BrNO2/c1-10-5-4-6-18(9-10)16(21)15(17(22)20-18)14-11(2)7-13(19)8-12(14)3/h7-8,10,21H,4-6,9H2,1-3H3,(H,20,22)/t10-,18-/m0/s1. The molecule has 0 bridgehead atoms. The molecular formula is C18H22BrNO2. The predicted molar refractivity (Wildman–Crippen MR) is 91.7 cm³/mol. The number of halogens is 1. The molecule has 0 unspecified atom stereocenters. The van der Waals surface area contributed by atoms with Crippen molar-refractivity contribution in [1.82, 2.24) is 5.32 Å². The highest BCUT2D eigenvalue weighted by molar-refractivity contribution is 9.10. The van der Waals surface area contributed by atoms with Crippen LogP contribution in [0.4, 0.5) is 0 Å². The van der Waals surface area contributed by atoms with Gasteiger partial charge in [0.15, 0.2) is 0 Å². The second-order valence-corrected chi connectivity index (χ2v) is 7.79. The van der Waals surface area contributed by atoms with Gasteiger partial charge >= 0.3 is 0 Å². The van der Waals surface area contributed by atoms with Crippen LogP contribution in [0.1, 0.15) is 49.3 Å². The van der Waals surface area contributed by atoms with Crippen molar-refractivity contribution < 1.29 is 9.90 Å². The molecule has 2 N–H and O–H groups in total. The van der Waals surface area contributed by atoms with Crippen molar-refractivity contribution >= 4 is 27.4 Å². The van der Waals surface area contributed by atoms with E-state index in [4.69, 9.17) is 0 Å².